The van der Waals surface area contributed by atoms with Gasteiger partial charge < -0.3 is 5.32 Å². The van der Waals surface area contributed by atoms with Crippen LogP contribution in [0.3, 0.4) is 0 Å². The first-order valence-electron chi connectivity index (χ1n) is 9.15. The summed E-state index contributed by atoms with van der Waals surface area (Å²) in [6, 6.07) is 13.7. The molecule has 2 rings (SSSR count). The number of hydrogen-bond donors (Lipinski definition) is 2. The molecule has 0 fully saturated rings. The SMILES string of the molecule is CCCCNS(=O)(=O)c1ccc(C(=O)Nc2ccc(C(C)(C)C)cc2)cc1. The average molecular weight is 389 g/mol. The van der Waals surface area contributed by atoms with E-state index < -0.39 is 10.0 Å². The molecule has 0 bridgehead atoms. The van der Waals surface area contributed by atoms with Gasteiger partial charge in [-0.05, 0) is 53.8 Å². The second kappa shape index (κ2) is 8.67. The first kappa shape index (κ1) is 21.1. The van der Waals surface area contributed by atoms with Gasteiger partial charge in [-0.2, -0.15) is 0 Å². The van der Waals surface area contributed by atoms with Crippen LogP contribution in [0.5, 0.6) is 0 Å². The molecule has 0 aliphatic carbocycles. The minimum atomic E-state index is -3.53. The standard InChI is InChI=1S/C21H28N2O3S/c1-5-6-15-22-27(25,26)19-13-7-16(8-14-19)20(24)23-18-11-9-17(10-12-18)21(2,3)4/h7-14,22H,5-6,15H2,1-4H3,(H,23,24). The molecule has 0 aromatic heterocycles. The van der Waals surface area contributed by atoms with Crippen molar-refractivity contribution in [1.29, 1.82) is 0 Å². The van der Waals surface area contributed by atoms with E-state index in [0.29, 0.717) is 17.8 Å². The van der Waals surface area contributed by atoms with Crippen molar-refractivity contribution in [2.45, 2.75) is 50.8 Å². The van der Waals surface area contributed by atoms with Gasteiger partial charge >= 0.3 is 0 Å². The van der Waals surface area contributed by atoms with E-state index in [1.807, 2.05) is 31.2 Å². The van der Waals surface area contributed by atoms with Gasteiger partial charge in [-0.25, -0.2) is 13.1 Å². The molecule has 0 unspecified atom stereocenters. The number of nitrogens with one attached hydrogen (secondary N) is 2. The van der Waals surface area contributed by atoms with Gasteiger partial charge in [0.15, 0.2) is 0 Å². The van der Waals surface area contributed by atoms with Crippen molar-refractivity contribution in [2.75, 3.05) is 11.9 Å². The number of carbonyl (C=O) groups excluding carboxylic acids is 1. The Labute approximate surface area is 162 Å². The van der Waals surface area contributed by atoms with Crippen molar-refractivity contribution in [3.8, 4) is 0 Å². The highest BCUT2D eigenvalue weighted by Crippen LogP contribution is 2.23. The number of rotatable bonds is 7. The fourth-order valence-corrected chi connectivity index (χ4v) is 3.58. The van der Waals surface area contributed by atoms with Gasteiger partial charge in [-0.3, -0.25) is 4.79 Å². The molecule has 2 aromatic carbocycles. The molecule has 0 aliphatic rings. The molecule has 2 N–H and O–H groups in total. The van der Waals surface area contributed by atoms with Crippen LogP contribution in [0.2, 0.25) is 0 Å². The lowest BCUT2D eigenvalue weighted by molar-refractivity contribution is 0.102. The summed E-state index contributed by atoms with van der Waals surface area (Å²) in [5.74, 6) is -0.276. The Balaban J connectivity index is 2.05. The Morgan fingerprint density at radius 2 is 1.56 bits per heavy atom. The predicted octanol–water partition coefficient (Wildman–Crippen LogP) is 4.31. The summed E-state index contributed by atoms with van der Waals surface area (Å²) in [6.45, 7) is 8.80. The van der Waals surface area contributed by atoms with Gasteiger partial charge in [-0.15, -0.1) is 0 Å². The quantitative estimate of drug-likeness (QED) is 0.694. The third kappa shape index (κ3) is 5.91. The predicted molar refractivity (Wildman–Crippen MR) is 110 cm³/mol. The lowest BCUT2D eigenvalue weighted by Crippen LogP contribution is -2.24. The van der Waals surface area contributed by atoms with E-state index in [1.165, 1.54) is 29.8 Å². The Bertz CT molecular complexity index is 865. The zero-order valence-electron chi connectivity index (χ0n) is 16.4. The van der Waals surface area contributed by atoms with Crippen molar-refractivity contribution < 1.29 is 13.2 Å². The third-order valence-corrected chi connectivity index (χ3v) is 5.73. The van der Waals surface area contributed by atoms with Crippen molar-refractivity contribution >= 4 is 21.6 Å². The number of hydrogen-bond acceptors (Lipinski definition) is 3. The number of carbonyl (C=O) groups is 1. The van der Waals surface area contributed by atoms with E-state index in [2.05, 4.69) is 30.8 Å². The fourth-order valence-electron chi connectivity index (χ4n) is 2.51. The van der Waals surface area contributed by atoms with Crippen LogP contribution in [0.1, 0.15) is 56.5 Å². The molecule has 0 heterocycles. The average Bonchev–Trinajstić information content (AvgIpc) is 2.61. The molecule has 0 spiro atoms. The summed E-state index contributed by atoms with van der Waals surface area (Å²) in [5.41, 5.74) is 2.34. The van der Waals surface area contributed by atoms with Crippen LogP contribution in [0.4, 0.5) is 5.69 Å². The fraction of sp³-hybridized carbons (Fsp3) is 0.381. The molecule has 0 saturated carbocycles. The maximum absolute atomic E-state index is 12.4. The lowest BCUT2D eigenvalue weighted by Gasteiger charge is -2.19. The second-order valence-corrected chi connectivity index (χ2v) is 9.32. The van der Waals surface area contributed by atoms with Crippen molar-refractivity contribution in [3.63, 3.8) is 0 Å². The summed E-state index contributed by atoms with van der Waals surface area (Å²) in [5, 5.41) is 2.83. The molecule has 27 heavy (non-hydrogen) atoms. The topological polar surface area (TPSA) is 75.3 Å². The Morgan fingerprint density at radius 1 is 0.963 bits per heavy atom. The van der Waals surface area contributed by atoms with Crippen LogP contribution in [0.15, 0.2) is 53.4 Å². The second-order valence-electron chi connectivity index (χ2n) is 7.56. The molecule has 5 nitrogen and oxygen atoms in total. The first-order chi connectivity index (χ1) is 12.6. The maximum Gasteiger partial charge on any atom is 0.255 e. The minimum Gasteiger partial charge on any atom is -0.322 e. The summed E-state index contributed by atoms with van der Waals surface area (Å²) < 4.78 is 26.9. The van der Waals surface area contributed by atoms with E-state index in [-0.39, 0.29) is 16.2 Å². The van der Waals surface area contributed by atoms with Gasteiger partial charge in [0.2, 0.25) is 10.0 Å². The smallest absolute Gasteiger partial charge is 0.255 e. The largest absolute Gasteiger partial charge is 0.322 e. The number of sulfonamides is 1. The third-order valence-electron chi connectivity index (χ3n) is 4.26. The van der Waals surface area contributed by atoms with E-state index in [9.17, 15) is 13.2 Å². The van der Waals surface area contributed by atoms with Crippen LogP contribution in [-0.2, 0) is 15.4 Å². The van der Waals surface area contributed by atoms with Crippen molar-refractivity contribution in [2.24, 2.45) is 0 Å². The molecule has 146 valence electrons. The van der Waals surface area contributed by atoms with E-state index in [4.69, 9.17) is 0 Å². The molecule has 0 atom stereocenters. The van der Waals surface area contributed by atoms with Crippen LogP contribution >= 0.6 is 0 Å². The molecule has 0 aliphatic heterocycles. The van der Waals surface area contributed by atoms with Crippen molar-refractivity contribution in [3.05, 3.63) is 59.7 Å². The molecule has 1 amide bonds. The van der Waals surface area contributed by atoms with Crippen LogP contribution in [0, 0.1) is 0 Å². The summed E-state index contributed by atoms with van der Waals surface area (Å²) >= 11 is 0. The van der Waals surface area contributed by atoms with Crippen molar-refractivity contribution in [1.82, 2.24) is 4.72 Å². The van der Waals surface area contributed by atoms with Crippen LogP contribution in [0.25, 0.3) is 0 Å². The van der Waals surface area contributed by atoms with Gasteiger partial charge in [-0.1, -0.05) is 46.2 Å². The van der Waals surface area contributed by atoms with Gasteiger partial charge in [0.25, 0.3) is 5.91 Å². The molecule has 0 radical (unpaired) electrons. The van der Waals surface area contributed by atoms with Crippen LogP contribution < -0.4 is 10.0 Å². The maximum atomic E-state index is 12.4. The molecular weight excluding hydrogens is 360 g/mol. The molecule has 0 saturated heterocycles. The number of unbranched alkanes of at least 4 members (excludes halogenated alkanes) is 1. The monoisotopic (exact) mass is 388 g/mol. The zero-order chi connectivity index (χ0) is 20.1. The van der Waals surface area contributed by atoms with E-state index in [0.717, 1.165) is 12.8 Å². The normalized spacial score (nSPS) is 12.0. The highest BCUT2D eigenvalue weighted by Gasteiger charge is 2.15. The van der Waals surface area contributed by atoms with E-state index in [1.54, 1.807) is 0 Å². The summed E-state index contributed by atoms with van der Waals surface area (Å²) in [7, 11) is -3.53. The Morgan fingerprint density at radius 3 is 2.07 bits per heavy atom. The van der Waals surface area contributed by atoms with E-state index >= 15 is 0 Å². The molecule has 6 heteroatoms. The van der Waals surface area contributed by atoms with Gasteiger partial charge in [0.1, 0.15) is 0 Å². The Hall–Kier alpha value is -2.18. The van der Waals surface area contributed by atoms with Gasteiger partial charge in [0, 0.05) is 17.8 Å². The Kier molecular flexibility index (Phi) is 6.78. The molecule has 2 aromatic rings. The number of amides is 1. The van der Waals surface area contributed by atoms with Gasteiger partial charge in [0.05, 0.1) is 4.90 Å². The number of anilines is 1. The number of benzene rings is 2. The van der Waals surface area contributed by atoms with Crippen LogP contribution in [-0.4, -0.2) is 20.9 Å². The highest BCUT2D eigenvalue weighted by atomic mass is 32.2. The summed E-state index contributed by atoms with van der Waals surface area (Å²) in [4.78, 5) is 12.5. The zero-order valence-corrected chi connectivity index (χ0v) is 17.2. The first-order valence-corrected chi connectivity index (χ1v) is 10.6. The minimum absolute atomic E-state index is 0.0506. The lowest BCUT2D eigenvalue weighted by atomic mass is 9.87. The molecular formula is C21H28N2O3S. The highest BCUT2D eigenvalue weighted by molar-refractivity contribution is 7.89. The summed E-state index contributed by atoms with van der Waals surface area (Å²) in [6.07, 6.45) is 1.70.